The van der Waals surface area contributed by atoms with Crippen molar-refractivity contribution < 1.29 is 5.11 Å². The van der Waals surface area contributed by atoms with E-state index in [2.05, 4.69) is 27.7 Å². The minimum Gasteiger partial charge on any atom is -0.396 e. The number of aliphatic hydroxyl groups excluding tert-OH is 1. The molecule has 2 rings (SSSR count). The Balaban J connectivity index is 2.28. The summed E-state index contributed by atoms with van der Waals surface area (Å²) >= 11 is 0. The lowest BCUT2D eigenvalue weighted by Crippen LogP contribution is -2.45. The quantitative estimate of drug-likeness (QED) is 0.754. The van der Waals surface area contributed by atoms with Crippen LogP contribution in [0, 0.1) is 22.2 Å². The summed E-state index contributed by atoms with van der Waals surface area (Å²) in [7, 11) is 0. The zero-order valence-corrected chi connectivity index (χ0v) is 10.8. The van der Waals surface area contributed by atoms with Crippen molar-refractivity contribution in [2.24, 2.45) is 22.2 Å². The molecule has 0 aromatic heterocycles. The van der Waals surface area contributed by atoms with Crippen molar-refractivity contribution in [1.29, 1.82) is 0 Å². The molecule has 15 heavy (non-hydrogen) atoms. The lowest BCUT2D eigenvalue weighted by molar-refractivity contribution is -0.0400. The van der Waals surface area contributed by atoms with E-state index in [-0.39, 0.29) is 0 Å². The molecule has 3 atom stereocenters. The molecule has 0 amide bonds. The van der Waals surface area contributed by atoms with Gasteiger partial charge in [-0.25, -0.2) is 0 Å². The van der Waals surface area contributed by atoms with Crippen molar-refractivity contribution >= 4 is 0 Å². The van der Waals surface area contributed by atoms with Gasteiger partial charge in [-0.2, -0.15) is 0 Å². The minimum atomic E-state index is 0.354. The van der Waals surface area contributed by atoms with Crippen molar-refractivity contribution in [3.8, 4) is 0 Å². The van der Waals surface area contributed by atoms with Crippen LogP contribution in [0.1, 0.15) is 59.8 Å². The highest BCUT2D eigenvalue weighted by atomic mass is 16.2. The van der Waals surface area contributed by atoms with E-state index in [0.717, 1.165) is 12.3 Å². The fourth-order valence-electron chi connectivity index (χ4n) is 4.64. The Morgan fingerprint density at radius 1 is 1.20 bits per heavy atom. The first-order chi connectivity index (χ1) is 6.87. The zero-order chi connectivity index (χ0) is 11.3. The average Bonchev–Trinajstić information content (AvgIpc) is 2.63. The highest BCUT2D eigenvalue weighted by molar-refractivity contribution is 5.14. The third-order valence-corrected chi connectivity index (χ3v) is 6.35. The molecule has 2 bridgehead atoms. The van der Waals surface area contributed by atoms with Crippen molar-refractivity contribution in [3.05, 3.63) is 0 Å². The molecule has 1 heteroatoms. The first-order valence-corrected chi connectivity index (χ1v) is 6.48. The lowest BCUT2D eigenvalue weighted by atomic mass is 9.52. The molecule has 1 N–H and O–H groups in total. The first kappa shape index (κ1) is 11.4. The van der Waals surface area contributed by atoms with Gasteiger partial charge in [-0.15, -0.1) is 0 Å². The average molecular weight is 210 g/mol. The summed E-state index contributed by atoms with van der Waals surface area (Å²) in [6.45, 7) is 10.2. The maximum atomic E-state index is 9.07. The highest BCUT2D eigenvalue weighted by Gasteiger charge is 2.65. The largest absolute Gasteiger partial charge is 0.396 e. The molecule has 2 aliphatic carbocycles. The monoisotopic (exact) mass is 210 g/mol. The van der Waals surface area contributed by atoms with Crippen molar-refractivity contribution in [2.75, 3.05) is 6.61 Å². The summed E-state index contributed by atoms with van der Waals surface area (Å²) < 4.78 is 0. The van der Waals surface area contributed by atoms with E-state index in [0.29, 0.717) is 22.9 Å². The van der Waals surface area contributed by atoms with Gasteiger partial charge in [0, 0.05) is 6.61 Å². The van der Waals surface area contributed by atoms with Gasteiger partial charge in [0.2, 0.25) is 0 Å². The van der Waals surface area contributed by atoms with Crippen molar-refractivity contribution in [1.82, 2.24) is 0 Å². The Morgan fingerprint density at radius 3 is 2.33 bits per heavy atom. The number of hydrogen-bond acceptors (Lipinski definition) is 1. The van der Waals surface area contributed by atoms with Crippen LogP contribution in [0.25, 0.3) is 0 Å². The molecule has 2 fully saturated rings. The van der Waals surface area contributed by atoms with Gasteiger partial charge in [-0.3, -0.25) is 0 Å². The summed E-state index contributed by atoms with van der Waals surface area (Å²) in [6, 6.07) is 0. The van der Waals surface area contributed by atoms with E-state index in [1.807, 2.05) is 0 Å². The summed E-state index contributed by atoms with van der Waals surface area (Å²) in [6.07, 6.45) is 6.43. The second kappa shape index (κ2) is 3.23. The number of fused-ring (bicyclic) bond motifs is 2. The molecule has 0 aromatic rings. The van der Waals surface area contributed by atoms with Crippen LogP contribution in [0.3, 0.4) is 0 Å². The molecule has 0 heterocycles. The minimum absolute atomic E-state index is 0.354. The van der Waals surface area contributed by atoms with Gasteiger partial charge >= 0.3 is 0 Å². The smallest absolute Gasteiger partial charge is 0.0431 e. The SMILES string of the molecule is CC12CCC(C1)C(C)(C)C2(C)CCCO. The molecule has 0 aromatic carbocycles. The van der Waals surface area contributed by atoms with Crippen LogP contribution in [-0.2, 0) is 0 Å². The molecular weight excluding hydrogens is 184 g/mol. The molecule has 0 radical (unpaired) electrons. The van der Waals surface area contributed by atoms with Gasteiger partial charge in [0.1, 0.15) is 0 Å². The molecule has 0 spiro atoms. The van der Waals surface area contributed by atoms with Crippen LogP contribution in [0.4, 0.5) is 0 Å². The Labute approximate surface area is 94.3 Å². The van der Waals surface area contributed by atoms with Crippen LogP contribution in [0.2, 0.25) is 0 Å². The van der Waals surface area contributed by atoms with Gasteiger partial charge in [0.05, 0.1) is 0 Å². The van der Waals surface area contributed by atoms with E-state index < -0.39 is 0 Å². The highest BCUT2D eigenvalue weighted by Crippen LogP contribution is 2.73. The molecule has 2 saturated carbocycles. The molecular formula is C14H26O. The van der Waals surface area contributed by atoms with E-state index in [4.69, 9.17) is 5.11 Å². The normalized spacial score (nSPS) is 47.4. The maximum Gasteiger partial charge on any atom is 0.0431 e. The summed E-state index contributed by atoms with van der Waals surface area (Å²) in [5, 5.41) is 9.07. The van der Waals surface area contributed by atoms with Crippen molar-refractivity contribution in [2.45, 2.75) is 59.8 Å². The van der Waals surface area contributed by atoms with Crippen LogP contribution in [0.5, 0.6) is 0 Å². The van der Waals surface area contributed by atoms with Gasteiger partial charge in [0.15, 0.2) is 0 Å². The zero-order valence-electron chi connectivity index (χ0n) is 10.8. The lowest BCUT2D eigenvalue weighted by Gasteiger charge is -2.53. The first-order valence-electron chi connectivity index (χ1n) is 6.48. The summed E-state index contributed by atoms with van der Waals surface area (Å²) in [4.78, 5) is 0. The number of aliphatic hydroxyl groups is 1. The van der Waals surface area contributed by atoms with E-state index in [1.54, 1.807) is 0 Å². The van der Waals surface area contributed by atoms with Gasteiger partial charge in [0.25, 0.3) is 0 Å². The van der Waals surface area contributed by atoms with E-state index in [9.17, 15) is 0 Å². The summed E-state index contributed by atoms with van der Waals surface area (Å²) in [5.74, 6) is 0.922. The molecule has 0 saturated heterocycles. The van der Waals surface area contributed by atoms with Crippen LogP contribution in [-0.4, -0.2) is 11.7 Å². The van der Waals surface area contributed by atoms with Gasteiger partial charge in [-0.1, -0.05) is 27.7 Å². The fourth-order valence-corrected chi connectivity index (χ4v) is 4.64. The predicted octanol–water partition coefficient (Wildman–Crippen LogP) is 3.61. The van der Waals surface area contributed by atoms with Crippen LogP contribution in [0.15, 0.2) is 0 Å². The Bertz CT molecular complexity index is 251. The fraction of sp³-hybridized carbons (Fsp3) is 1.00. The topological polar surface area (TPSA) is 20.2 Å². The molecule has 0 aliphatic heterocycles. The molecule has 3 unspecified atom stereocenters. The molecule has 88 valence electrons. The Kier molecular flexibility index (Phi) is 2.46. The predicted molar refractivity (Wildman–Crippen MR) is 63.7 cm³/mol. The van der Waals surface area contributed by atoms with Crippen LogP contribution < -0.4 is 0 Å². The van der Waals surface area contributed by atoms with E-state index >= 15 is 0 Å². The molecule has 1 nitrogen and oxygen atoms in total. The second-order valence-corrected chi connectivity index (χ2v) is 6.88. The third-order valence-electron chi connectivity index (χ3n) is 6.35. The third kappa shape index (κ3) is 1.25. The summed E-state index contributed by atoms with van der Waals surface area (Å²) in [5.41, 5.74) is 1.44. The van der Waals surface area contributed by atoms with Crippen LogP contribution >= 0.6 is 0 Å². The molecule has 2 aliphatic rings. The van der Waals surface area contributed by atoms with Crippen molar-refractivity contribution in [3.63, 3.8) is 0 Å². The van der Waals surface area contributed by atoms with E-state index in [1.165, 1.54) is 25.7 Å². The number of hydrogen-bond donors (Lipinski definition) is 1. The Morgan fingerprint density at radius 2 is 1.87 bits per heavy atom. The maximum absolute atomic E-state index is 9.07. The van der Waals surface area contributed by atoms with Gasteiger partial charge < -0.3 is 5.11 Å². The number of rotatable bonds is 3. The standard InChI is InChI=1S/C14H26O/c1-12(2)11-6-8-13(3,10-11)14(12,4)7-5-9-15/h11,15H,5-10H2,1-4H3. The second-order valence-electron chi connectivity index (χ2n) is 6.88. The Hall–Kier alpha value is -0.0400. The van der Waals surface area contributed by atoms with Gasteiger partial charge in [-0.05, 0) is 54.3 Å².